The first-order valence-corrected chi connectivity index (χ1v) is 5.66. The van der Waals surface area contributed by atoms with Gasteiger partial charge in [-0.2, -0.15) is 0 Å². The van der Waals surface area contributed by atoms with Crippen LogP contribution >= 0.6 is 0 Å². The Labute approximate surface area is 107 Å². The third kappa shape index (κ3) is 2.28. The summed E-state index contributed by atoms with van der Waals surface area (Å²) in [4.78, 5) is 14.9. The molecule has 8 nitrogen and oxygen atoms in total. The fraction of sp³-hybridized carbons (Fsp3) is 0.182. The Morgan fingerprint density at radius 1 is 1.37 bits per heavy atom. The summed E-state index contributed by atoms with van der Waals surface area (Å²) in [6.45, 7) is 0. The van der Waals surface area contributed by atoms with E-state index in [1.165, 1.54) is 0 Å². The quantitative estimate of drug-likeness (QED) is 0.706. The summed E-state index contributed by atoms with van der Waals surface area (Å²) in [5.41, 5.74) is 2.33. The van der Waals surface area contributed by atoms with Gasteiger partial charge in [-0.3, -0.25) is 4.79 Å². The average molecular weight is 258 g/mol. The topological polar surface area (TPSA) is 109 Å². The second kappa shape index (κ2) is 4.48. The number of aromatic nitrogens is 6. The predicted molar refractivity (Wildman–Crippen MR) is 64.3 cm³/mol. The number of nitrogens with zero attached hydrogens (tertiary/aromatic N) is 5. The van der Waals surface area contributed by atoms with Gasteiger partial charge in [0.25, 0.3) is 0 Å². The molecular formula is C11H10N6O2. The van der Waals surface area contributed by atoms with Gasteiger partial charge in [-0.15, -0.1) is 5.10 Å². The zero-order chi connectivity index (χ0) is 13.2. The van der Waals surface area contributed by atoms with Crippen molar-refractivity contribution in [2.24, 2.45) is 0 Å². The van der Waals surface area contributed by atoms with Gasteiger partial charge in [0, 0.05) is 18.8 Å². The highest BCUT2D eigenvalue weighted by Crippen LogP contribution is 2.15. The van der Waals surface area contributed by atoms with E-state index in [2.05, 4.69) is 25.6 Å². The number of nitrogens with one attached hydrogen (secondary N) is 1. The molecule has 8 heteroatoms. The van der Waals surface area contributed by atoms with Gasteiger partial charge in [0.15, 0.2) is 5.82 Å². The van der Waals surface area contributed by atoms with Crippen LogP contribution in [0.4, 0.5) is 0 Å². The van der Waals surface area contributed by atoms with Gasteiger partial charge in [-0.05, 0) is 28.5 Å². The number of rotatable bonds is 4. The lowest BCUT2D eigenvalue weighted by atomic mass is 10.1. The van der Waals surface area contributed by atoms with Crippen molar-refractivity contribution >= 4 is 11.6 Å². The molecule has 0 saturated carbocycles. The average Bonchev–Trinajstić information content (AvgIpc) is 3.04. The summed E-state index contributed by atoms with van der Waals surface area (Å²) < 4.78 is 1.83. The largest absolute Gasteiger partial charge is 0.481 e. The van der Waals surface area contributed by atoms with E-state index in [1.54, 1.807) is 6.20 Å². The number of aryl methyl sites for hydroxylation is 1. The maximum absolute atomic E-state index is 10.6. The second-order valence-corrected chi connectivity index (χ2v) is 4.07. The lowest BCUT2D eigenvalue weighted by molar-refractivity contribution is -0.136. The van der Waals surface area contributed by atoms with Crippen LogP contribution in [0.3, 0.4) is 0 Å². The molecule has 0 aliphatic heterocycles. The lowest BCUT2D eigenvalue weighted by Gasteiger charge is -1.99. The van der Waals surface area contributed by atoms with Crippen LogP contribution in [0.1, 0.15) is 12.0 Å². The number of aromatic amines is 1. The molecule has 96 valence electrons. The predicted octanol–water partition coefficient (Wildman–Crippen LogP) is 0.532. The molecule has 0 aliphatic rings. The van der Waals surface area contributed by atoms with Crippen molar-refractivity contribution in [3.05, 3.63) is 30.1 Å². The third-order valence-electron chi connectivity index (χ3n) is 2.73. The number of tetrazole rings is 1. The fourth-order valence-electron chi connectivity index (χ4n) is 1.82. The maximum atomic E-state index is 10.6. The summed E-state index contributed by atoms with van der Waals surface area (Å²) in [7, 11) is 0. The van der Waals surface area contributed by atoms with E-state index in [1.807, 2.05) is 22.7 Å². The molecule has 0 unspecified atom stereocenters. The summed E-state index contributed by atoms with van der Waals surface area (Å²) >= 11 is 0. The highest BCUT2D eigenvalue weighted by molar-refractivity contribution is 5.67. The van der Waals surface area contributed by atoms with Gasteiger partial charge in [0.05, 0.1) is 0 Å². The minimum Gasteiger partial charge on any atom is -0.481 e. The van der Waals surface area contributed by atoms with Gasteiger partial charge in [0.1, 0.15) is 11.3 Å². The molecular weight excluding hydrogens is 248 g/mol. The molecule has 0 atom stereocenters. The minimum atomic E-state index is -0.806. The Bertz CT molecular complexity index is 718. The van der Waals surface area contributed by atoms with E-state index >= 15 is 0 Å². The number of H-pyrrole nitrogens is 1. The Morgan fingerprint density at radius 3 is 3.00 bits per heavy atom. The molecule has 0 spiro atoms. The molecule has 0 aliphatic carbocycles. The maximum Gasteiger partial charge on any atom is 0.303 e. The molecule has 2 N–H and O–H groups in total. The van der Waals surface area contributed by atoms with E-state index in [0.29, 0.717) is 17.9 Å². The van der Waals surface area contributed by atoms with Gasteiger partial charge >= 0.3 is 5.97 Å². The van der Waals surface area contributed by atoms with Crippen LogP contribution in [0.25, 0.3) is 17.2 Å². The van der Waals surface area contributed by atoms with Crippen LogP contribution in [-0.2, 0) is 11.2 Å². The number of hydrogen-bond acceptors (Lipinski definition) is 5. The van der Waals surface area contributed by atoms with E-state index in [-0.39, 0.29) is 6.42 Å². The van der Waals surface area contributed by atoms with Crippen molar-refractivity contribution in [1.82, 2.24) is 30.0 Å². The number of hydrogen-bond donors (Lipinski definition) is 2. The van der Waals surface area contributed by atoms with Crippen molar-refractivity contribution < 1.29 is 9.90 Å². The Morgan fingerprint density at radius 2 is 2.26 bits per heavy atom. The number of carboxylic acids is 1. The van der Waals surface area contributed by atoms with Crippen LogP contribution in [0.2, 0.25) is 0 Å². The molecule has 3 aromatic rings. The fourth-order valence-corrected chi connectivity index (χ4v) is 1.82. The number of carbonyl (C=O) groups is 1. The molecule has 3 rings (SSSR count). The smallest absolute Gasteiger partial charge is 0.303 e. The molecule has 0 aromatic carbocycles. The van der Waals surface area contributed by atoms with Crippen molar-refractivity contribution in [3.63, 3.8) is 0 Å². The third-order valence-corrected chi connectivity index (χ3v) is 2.73. The highest BCUT2D eigenvalue weighted by atomic mass is 16.4. The van der Waals surface area contributed by atoms with Crippen molar-refractivity contribution in [2.75, 3.05) is 0 Å². The number of aliphatic carboxylic acids is 1. The van der Waals surface area contributed by atoms with Gasteiger partial charge in [-0.25, -0.2) is 10.1 Å². The Hall–Kier alpha value is -2.77. The van der Waals surface area contributed by atoms with Crippen LogP contribution < -0.4 is 0 Å². The van der Waals surface area contributed by atoms with Crippen molar-refractivity contribution in [1.29, 1.82) is 0 Å². The minimum absolute atomic E-state index is 0.110. The Kier molecular flexibility index (Phi) is 2.67. The van der Waals surface area contributed by atoms with Gasteiger partial charge in [-0.1, -0.05) is 6.07 Å². The molecule has 19 heavy (non-hydrogen) atoms. The number of imidazole rings is 1. The summed E-state index contributed by atoms with van der Waals surface area (Å²) in [6, 6.07) is 3.71. The molecule has 0 saturated heterocycles. The van der Waals surface area contributed by atoms with Crippen LogP contribution in [-0.4, -0.2) is 41.1 Å². The van der Waals surface area contributed by atoms with Gasteiger partial charge < -0.3 is 9.51 Å². The first-order chi connectivity index (χ1) is 9.22. The molecule has 3 heterocycles. The zero-order valence-corrected chi connectivity index (χ0v) is 9.82. The van der Waals surface area contributed by atoms with Crippen LogP contribution in [0.15, 0.2) is 24.5 Å². The standard InChI is InChI=1S/C11H10N6O2/c18-10(19)4-2-7-1-3-9-12-8(6-17(9)5-7)11-13-15-16-14-11/h1,3,5-6H,2,4H2,(H,18,19)(H,13,14,15,16). The second-order valence-electron chi connectivity index (χ2n) is 4.07. The van der Waals surface area contributed by atoms with Crippen LogP contribution in [0.5, 0.6) is 0 Å². The van der Waals surface area contributed by atoms with E-state index in [9.17, 15) is 4.79 Å². The normalized spacial score (nSPS) is 10.9. The summed E-state index contributed by atoms with van der Waals surface area (Å²) in [6.07, 6.45) is 4.25. The van der Waals surface area contributed by atoms with E-state index in [0.717, 1.165) is 11.2 Å². The Balaban J connectivity index is 1.93. The molecule has 3 aromatic heterocycles. The monoisotopic (exact) mass is 258 g/mol. The first-order valence-electron chi connectivity index (χ1n) is 5.66. The lowest BCUT2D eigenvalue weighted by Crippen LogP contribution is -1.98. The number of pyridine rings is 1. The van der Waals surface area contributed by atoms with Crippen molar-refractivity contribution in [2.45, 2.75) is 12.8 Å². The molecule has 0 bridgehead atoms. The van der Waals surface area contributed by atoms with Crippen molar-refractivity contribution in [3.8, 4) is 11.5 Å². The molecule has 0 radical (unpaired) electrons. The summed E-state index contributed by atoms with van der Waals surface area (Å²) in [5.74, 6) is -0.310. The van der Waals surface area contributed by atoms with Crippen LogP contribution in [0, 0.1) is 0 Å². The number of carboxylic acid groups (broad SMARTS) is 1. The molecule has 0 amide bonds. The van der Waals surface area contributed by atoms with E-state index in [4.69, 9.17) is 5.11 Å². The van der Waals surface area contributed by atoms with Gasteiger partial charge in [0.2, 0.25) is 0 Å². The molecule has 0 fully saturated rings. The zero-order valence-electron chi connectivity index (χ0n) is 9.82. The van der Waals surface area contributed by atoms with E-state index < -0.39 is 5.97 Å². The SMILES string of the molecule is O=C(O)CCc1ccc2nc(-c3nnn[nH]3)cn2c1. The number of fused-ring (bicyclic) bond motifs is 1. The highest BCUT2D eigenvalue weighted by Gasteiger charge is 2.08. The first kappa shape index (κ1) is 11.3. The summed E-state index contributed by atoms with van der Waals surface area (Å²) in [5, 5.41) is 22.1.